The molecular weight excluding hydrogens is 480 g/mol. The van der Waals surface area contributed by atoms with Crippen LogP contribution in [-0.4, -0.2) is 44.3 Å². The first kappa shape index (κ1) is 25.1. The van der Waals surface area contributed by atoms with Crippen molar-refractivity contribution in [2.75, 3.05) is 6.61 Å². The molecule has 3 aromatic carbocycles. The number of likely N-dealkylation sites (tertiary alicyclic amines) is 1. The first-order chi connectivity index (χ1) is 17.7. The zero-order chi connectivity index (χ0) is 26.7. The van der Waals surface area contributed by atoms with Gasteiger partial charge in [0.2, 0.25) is 0 Å². The average molecular weight is 502 g/mol. The standard InChI is InChI=1S/C27H22N2O8/c1-2-37-27(34)19-5-3-16(4-6-19)15-28-23(17-9-13-21(30)14-10-17)22(25(32)26(28)33)24(31)18-7-11-20(12-8-18)29(35)36/h3-14,23,30-31H,2,15H2,1H3/b24-22-. The second-order valence-electron chi connectivity index (χ2n) is 8.24. The van der Waals surface area contributed by atoms with E-state index < -0.39 is 34.4 Å². The van der Waals surface area contributed by atoms with Crippen molar-refractivity contribution in [2.24, 2.45) is 0 Å². The lowest BCUT2D eigenvalue weighted by atomic mass is 9.95. The van der Waals surface area contributed by atoms with Gasteiger partial charge in [0, 0.05) is 24.2 Å². The Morgan fingerprint density at radius 3 is 2.14 bits per heavy atom. The first-order valence-electron chi connectivity index (χ1n) is 11.3. The molecule has 0 radical (unpaired) electrons. The van der Waals surface area contributed by atoms with Crippen LogP contribution in [0.25, 0.3) is 5.76 Å². The lowest BCUT2D eigenvalue weighted by Crippen LogP contribution is -2.29. The predicted molar refractivity (Wildman–Crippen MR) is 131 cm³/mol. The van der Waals surface area contributed by atoms with Gasteiger partial charge in [0.1, 0.15) is 11.5 Å². The molecule has 1 saturated heterocycles. The Morgan fingerprint density at radius 1 is 0.973 bits per heavy atom. The van der Waals surface area contributed by atoms with E-state index >= 15 is 0 Å². The van der Waals surface area contributed by atoms with Gasteiger partial charge in [0.15, 0.2) is 0 Å². The Balaban J connectivity index is 1.75. The largest absolute Gasteiger partial charge is 0.508 e. The van der Waals surface area contributed by atoms with Crippen LogP contribution < -0.4 is 0 Å². The molecule has 1 atom stereocenters. The van der Waals surface area contributed by atoms with E-state index in [0.29, 0.717) is 16.7 Å². The number of aliphatic hydroxyl groups excluding tert-OH is 1. The zero-order valence-corrected chi connectivity index (χ0v) is 19.7. The molecule has 10 nitrogen and oxygen atoms in total. The van der Waals surface area contributed by atoms with Gasteiger partial charge in [-0.2, -0.15) is 0 Å². The molecule has 0 bridgehead atoms. The zero-order valence-electron chi connectivity index (χ0n) is 19.7. The molecule has 1 fully saturated rings. The Bertz CT molecular complexity index is 1390. The fraction of sp³-hybridized carbons (Fsp3) is 0.148. The predicted octanol–water partition coefficient (Wildman–Crippen LogP) is 4.10. The minimum Gasteiger partial charge on any atom is -0.508 e. The van der Waals surface area contributed by atoms with Gasteiger partial charge >= 0.3 is 5.97 Å². The van der Waals surface area contributed by atoms with E-state index in [9.17, 15) is 34.7 Å². The van der Waals surface area contributed by atoms with E-state index in [0.717, 1.165) is 0 Å². The monoisotopic (exact) mass is 502 g/mol. The molecule has 4 rings (SSSR count). The third-order valence-corrected chi connectivity index (χ3v) is 5.92. The van der Waals surface area contributed by atoms with Gasteiger partial charge < -0.3 is 19.8 Å². The Kier molecular flexibility index (Phi) is 7.01. The molecule has 1 amide bonds. The fourth-order valence-corrected chi connectivity index (χ4v) is 4.10. The number of aromatic hydroxyl groups is 1. The highest BCUT2D eigenvalue weighted by molar-refractivity contribution is 6.46. The van der Waals surface area contributed by atoms with E-state index in [1.807, 2.05) is 0 Å². The van der Waals surface area contributed by atoms with Crippen LogP contribution in [0.5, 0.6) is 5.75 Å². The summed E-state index contributed by atoms with van der Waals surface area (Å²) in [5.74, 6) is -2.76. The summed E-state index contributed by atoms with van der Waals surface area (Å²) in [5.41, 5.74) is 1.16. The van der Waals surface area contributed by atoms with Crippen LogP contribution in [-0.2, 0) is 20.9 Å². The van der Waals surface area contributed by atoms with Gasteiger partial charge in [-0.25, -0.2) is 4.79 Å². The fourth-order valence-electron chi connectivity index (χ4n) is 4.10. The Hall–Kier alpha value is -4.99. The number of nitrogens with zero attached hydrogens (tertiary/aromatic N) is 2. The van der Waals surface area contributed by atoms with Gasteiger partial charge in [-0.15, -0.1) is 0 Å². The molecule has 0 aliphatic carbocycles. The number of amides is 1. The van der Waals surface area contributed by atoms with Crippen molar-refractivity contribution in [3.63, 3.8) is 0 Å². The highest BCUT2D eigenvalue weighted by atomic mass is 16.6. The number of esters is 1. The Morgan fingerprint density at radius 2 is 1.57 bits per heavy atom. The third-order valence-electron chi connectivity index (χ3n) is 5.92. The number of carbonyl (C=O) groups excluding carboxylic acids is 3. The van der Waals surface area contributed by atoms with Crippen molar-refractivity contribution < 1.29 is 34.3 Å². The molecule has 1 aliphatic heterocycles. The lowest BCUT2D eigenvalue weighted by Gasteiger charge is -2.25. The second-order valence-corrected chi connectivity index (χ2v) is 8.24. The number of ether oxygens (including phenoxy) is 1. The van der Waals surface area contributed by atoms with Gasteiger partial charge in [0.25, 0.3) is 17.4 Å². The van der Waals surface area contributed by atoms with Crippen molar-refractivity contribution in [1.82, 2.24) is 4.90 Å². The average Bonchev–Trinajstić information content (AvgIpc) is 3.14. The number of phenolic OH excluding ortho intramolecular Hbond substituents is 1. The van der Waals surface area contributed by atoms with Gasteiger partial charge in [-0.05, 0) is 54.4 Å². The molecule has 1 aliphatic rings. The molecule has 0 aromatic heterocycles. The van der Waals surface area contributed by atoms with Crippen molar-refractivity contribution in [1.29, 1.82) is 0 Å². The molecule has 0 spiro atoms. The van der Waals surface area contributed by atoms with Crippen LogP contribution in [0.15, 0.2) is 78.4 Å². The molecule has 1 heterocycles. The number of Topliss-reactive ketones (excluding diaryl/α,β-unsaturated/α-hetero) is 1. The molecule has 1 unspecified atom stereocenters. The van der Waals surface area contributed by atoms with Gasteiger partial charge in [0.05, 0.1) is 28.7 Å². The summed E-state index contributed by atoms with van der Waals surface area (Å²) in [6, 6.07) is 16.2. The van der Waals surface area contributed by atoms with E-state index in [1.165, 1.54) is 53.4 Å². The van der Waals surface area contributed by atoms with Crippen molar-refractivity contribution in [2.45, 2.75) is 19.5 Å². The highest BCUT2D eigenvalue weighted by Crippen LogP contribution is 2.40. The number of nitro groups is 1. The summed E-state index contributed by atoms with van der Waals surface area (Å²) in [4.78, 5) is 49.9. The van der Waals surface area contributed by atoms with Crippen LogP contribution >= 0.6 is 0 Å². The number of nitro benzene ring substituents is 1. The number of carbonyl (C=O) groups is 3. The van der Waals surface area contributed by atoms with Gasteiger partial charge in [-0.3, -0.25) is 19.7 Å². The number of non-ortho nitro benzene ring substituents is 1. The molecule has 188 valence electrons. The number of phenols is 1. The normalized spacial score (nSPS) is 16.6. The summed E-state index contributed by atoms with van der Waals surface area (Å²) in [6.45, 7) is 1.91. The minimum absolute atomic E-state index is 0.0176. The minimum atomic E-state index is -1.000. The molecule has 37 heavy (non-hydrogen) atoms. The van der Waals surface area contributed by atoms with E-state index in [2.05, 4.69) is 0 Å². The number of ketones is 1. The van der Waals surface area contributed by atoms with E-state index in [1.54, 1.807) is 31.2 Å². The highest BCUT2D eigenvalue weighted by Gasteiger charge is 2.46. The number of rotatable bonds is 7. The molecule has 2 N–H and O–H groups in total. The second kappa shape index (κ2) is 10.3. The number of aliphatic hydroxyl groups is 1. The molecule has 0 saturated carbocycles. The van der Waals surface area contributed by atoms with Crippen LogP contribution in [0.3, 0.4) is 0 Å². The first-order valence-corrected chi connectivity index (χ1v) is 11.3. The SMILES string of the molecule is CCOC(=O)c1ccc(CN2C(=O)C(=O)/C(=C(\O)c3ccc([N+](=O)[O-])cc3)C2c2ccc(O)cc2)cc1. The summed E-state index contributed by atoms with van der Waals surface area (Å²) < 4.78 is 4.98. The maximum Gasteiger partial charge on any atom is 0.338 e. The van der Waals surface area contributed by atoms with Gasteiger partial charge in [-0.1, -0.05) is 24.3 Å². The maximum absolute atomic E-state index is 13.1. The van der Waals surface area contributed by atoms with Crippen LogP contribution in [0, 0.1) is 10.1 Å². The van der Waals surface area contributed by atoms with Crippen LogP contribution in [0.1, 0.15) is 40.0 Å². The quantitative estimate of drug-likeness (QED) is 0.123. The smallest absolute Gasteiger partial charge is 0.338 e. The number of hydrogen-bond donors (Lipinski definition) is 2. The van der Waals surface area contributed by atoms with Crippen molar-refractivity contribution in [3.05, 3.63) is 111 Å². The van der Waals surface area contributed by atoms with E-state index in [4.69, 9.17) is 4.74 Å². The molecular formula is C27H22N2O8. The van der Waals surface area contributed by atoms with Crippen molar-refractivity contribution >= 4 is 29.1 Å². The summed E-state index contributed by atoms with van der Waals surface area (Å²) in [7, 11) is 0. The van der Waals surface area contributed by atoms with Crippen molar-refractivity contribution in [3.8, 4) is 5.75 Å². The summed E-state index contributed by atoms with van der Waals surface area (Å²) in [6.07, 6.45) is 0. The summed E-state index contributed by atoms with van der Waals surface area (Å²) in [5, 5.41) is 31.8. The topological polar surface area (TPSA) is 147 Å². The summed E-state index contributed by atoms with van der Waals surface area (Å²) >= 11 is 0. The molecule has 3 aromatic rings. The number of hydrogen-bond acceptors (Lipinski definition) is 8. The lowest BCUT2D eigenvalue weighted by molar-refractivity contribution is -0.384. The van der Waals surface area contributed by atoms with Crippen LogP contribution in [0.4, 0.5) is 5.69 Å². The third kappa shape index (κ3) is 5.03. The number of benzene rings is 3. The maximum atomic E-state index is 13.1. The van der Waals surface area contributed by atoms with E-state index in [-0.39, 0.29) is 35.7 Å². The molecule has 10 heteroatoms. The Labute approximate surface area is 211 Å². The van der Waals surface area contributed by atoms with Crippen LogP contribution in [0.2, 0.25) is 0 Å².